The summed E-state index contributed by atoms with van der Waals surface area (Å²) in [5, 5.41) is 21.3. The molecule has 0 fully saturated rings. The van der Waals surface area contributed by atoms with E-state index in [1.807, 2.05) is 0 Å². The molecule has 3 rings (SSSR count). The number of nitro benzene ring substituents is 2. The van der Waals surface area contributed by atoms with Crippen molar-refractivity contribution in [2.75, 3.05) is 0 Å². The van der Waals surface area contributed by atoms with Crippen molar-refractivity contribution in [3.05, 3.63) is 104 Å². The number of non-ortho nitro benzene ring substituents is 2. The van der Waals surface area contributed by atoms with Crippen LogP contribution in [0.1, 0.15) is 11.1 Å². The molecule has 8 nitrogen and oxygen atoms in total. The van der Waals surface area contributed by atoms with Gasteiger partial charge in [-0.1, -0.05) is 0 Å². The first-order chi connectivity index (χ1) is 13.5. The SMILES string of the molecule is O=[N+]([O-])c1ccc(/C=N/c2ccc(/N=C/c3ccc([N+](=O)[O-])cc3)cc2)cc1. The Morgan fingerprint density at radius 2 is 0.893 bits per heavy atom. The Morgan fingerprint density at radius 1 is 0.571 bits per heavy atom. The highest BCUT2D eigenvalue weighted by Gasteiger charge is 2.03. The summed E-state index contributed by atoms with van der Waals surface area (Å²) in [6, 6.07) is 19.4. The number of aliphatic imine (C=N–C) groups is 2. The highest BCUT2D eigenvalue weighted by molar-refractivity contribution is 5.83. The van der Waals surface area contributed by atoms with Crippen LogP contribution in [0, 0.1) is 20.2 Å². The topological polar surface area (TPSA) is 111 Å². The lowest BCUT2D eigenvalue weighted by atomic mass is 10.2. The van der Waals surface area contributed by atoms with Crippen LogP contribution in [0.25, 0.3) is 0 Å². The average Bonchev–Trinajstić information content (AvgIpc) is 2.72. The third kappa shape index (κ3) is 4.92. The molecule has 0 saturated carbocycles. The quantitative estimate of drug-likeness (QED) is 0.343. The summed E-state index contributed by atoms with van der Waals surface area (Å²) in [5.74, 6) is 0. The summed E-state index contributed by atoms with van der Waals surface area (Å²) in [4.78, 5) is 29.0. The number of rotatable bonds is 6. The number of benzene rings is 3. The van der Waals surface area contributed by atoms with Crippen LogP contribution in [-0.4, -0.2) is 22.3 Å². The molecular weight excluding hydrogens is 360 g/mol. The van der Waals surface area contributed by atoms with E-state index in [0.717, 1.165) is 11.1 Å². The molecule has 138 valence electrons. The highest BCUT2D eigenvalue weighted by atomic mass is 16.6. The van der Waals surface area contributed by atoms with Gasteiger partial charge in [-0.15, -0.1) is 0 Å². The molecule has 0 saturated heterocycles. The van der Waals surface area contributed by atoms with E-state index in [1.54, 1.807) is 61.0 Å². The lowest BCUT2D eigenvalue weighted by Gasteiger charge is -1.97. The monoisotopic (exact) mass is 374 g/mol. The first kappa shape index (κ1) is 18.6. The summed E-state index contributed by atoms with van der Waals surface area (Å²) in [6.07, 6.45) is 3.25. The second kappa shape index (κ2) is 8.45. The van der Waals surface area contributed by atoms with Gasteiger partial charge in [0.05, 0.1) is 21.2 Å². The highest BCUT2D eigenvalue weighted by Crippen LogP contribution is 2.19. The fourth-order valence-corrected chi connectivity index (χ4v) is 2.29. The van der Waals surface area contributed by atoms with Crippen LogP contribution < -0.4 is 0 Å². The van der Waals surface area contributed by atoms with Crippen molar-refractivity contribution in [2.45, 2.75) is 0 Å². The van der Waals surface area contributed by atoms with Gasteiger partial charge < -0.3 is 0 Å². The maximum Gasteiger partial charge on any atom is 0.269 e. The standard InChI is InChI=1S/C20H14N4O4/c25-23(26)19-9-1-15(2-10-19)13-21-17-5-7-18(8-6-17)22-14-16-3-11-20(12-4-16)24(27)28/h1-14H/b21-13+,22-14+. The van der Waals surface area contributed by atoms with Crippen molar-refractivity contribution in [1.29, 1.82) is 0 Å². The summed E-state index contributed by atoms with van der Waals surface area (Å²) in [7, 11) is 0. The summed E-state index contributed by atoms with van der Waals surface area (Å²) < 4.78 is 0. The van der Waals surface area contributed by atoms with Crippen LogP contribution in [-0.2, 0) is 0 Å². The second-order valence-electron chi connectivity index (χ2n) is 5.73. The normalized spacial score (nSPS) is 11.1. The molecule has 0 aliphatic carbocycles. The first-order valence-electron chi connectivity index (χ1n) is 8.18. The molecule has 3 aromatic rings. The Morgan fingerprint density at radius 3 is 1.18 bits per heavy atom. The van der Waals surface area contributed by atoms with Crippen molar-refractivity contribution in [3.63, 3.8) is 0 Å². The van der Waals surface area contributed by atoms with Gasteiger partial charge in [-0.25, -0.2) is 0 Å². The molecule has 0 radical (unpaired) electrons. The van der Waals surface area contributed by atoms with Crippen molar-refractivity contribution in [3.8, 4) is 0 Å². The maximum absolute atomic E-state index is 10.6. The Kier molecular flexibility index (Phi) is 5.61. The minimum atomic E-state index is -0.448. The lowest BCUT2D eigenvalue weighted by Crippen LogP contribution is -1.88. The van der Waals surface area contributed by atoms with Crippen LogP contribution in [0.3, 0.4) is 0 Å². The molecule has 8 heteroatoms. The molecule has 0 heterocycles. The Balaban J connectivity index is 1.64. The molecule has 0 aromatic heterocycles. The van der Waals surface area contributed by atoms with Crippen LogP contribution in [0.4, 0.5) is 22.7 Å². The van der Waals surface area contributed by atoms with Crippen LogP contribution in [0.2, 0.25) is 0 Å². The van der Waals surface area contributed by atoms with E-state index < -0.39 is 9.85 Å². The van der Waals surface area contributed by atoms with Gasteiger partial charge in [0.2, 0.25) is 0 Å². The van der Waals surface area contributed by atoms with Crippen LogP contribution >= 0.6 is 0 Å². The molecule has 0 bridgehead atoms. The van der Waals surface area contributed by atoms with E-state index in [2.05, 4.69) is 9.98 Å². The summed E-state index contributed by atoms with van der Waals surface area (Å²) in [5.41, 5.74) is 3.01. The van der Waals surface area contributed by atoms with Crippen molar-refractivity contribution < 1.29 is 9.85 Å². The molecule has 3 aromatic carbocycles. The van der Waals surface area contributed by atoms with E-state index in [9.17, 15) is 20.2 Å². The molecule has 0 unspecified atom stereocenters. The first-order valence-corrected chi connectivity index (χ1v) is 8.18. The fourth-order valence-electron chi connectivity index (χ4n) is 2.29. The molecule has 28 heavy (non-hydrogen) atoms. The van der Waals surface area contributed by atoms with E-state index in [0.29, 0.717) is 11.4 Å². The summed E-state index contributed by atoms with van der Waals surface area (Å²) >= 11 is 0. The minimum absolute atomic E-state index is 0.0346. The van der Waals surface area contributed by atoms with Crippen LogP contribution in [0.15, 0.2) is 82.8 Å². The average molecular weight is 374 g/mol. The Hall–Kier alpha value is -4.20. The van der Waals surface area contributed by atoms with Gasteiger partial charge in [0, 0.05) is 36.7 Å². The van der Waals surface area contributed by atoms with Gasteiger partial charge in [0.1, 0.15) is 0 Å². The molecular formula is C20H14N4O4. The number of hydrogen-bond donors (Lipinski definition) is 0. The fraction of sp³-hybridized carbons (Fsp3) is 0. The number of nitrogens with zero attached hydrogens (tertiary/aromatic N) is 4. The number of hydrogen-bond acceptors (Lipinski definition) is 6. The zero-order valence-corrected chi connectivity index (χ0v) is 14.5. The van der Waals surface area contributed by atoms with E-state index in [4.69, 9.17) is 0 Å². The molecule has 0 spiro atoms. The zero-order valence-electron chi connectivity index (χ0n) is 14.5. The molecule has 0 aliphatic heterocycles. The maximum atomic E-state index is 10.6. The largest absolute Gasteiger partial charge is 0.269 e. The predicted octanol–water partition coefficient (Wildman–Crippen LogP) is 5.00. The Bertz CT molecular complexity index is 955. The van der Waals surface area contributed by atoms with Gasteiger partial charge in [-0.3, -0.25) is 30.2 Å². The molecule has 0 amide bonds. The van der Waals surface area contributed by atoms with Gasteiger partial charge in [0.15, 0.2) is 0 Å². The lowest BCUT2D eigenvalue weighted by molar-refractivity contribution is -0.385. The third-order valence-corrected chi connectivity index (χ3v) is 3.78. The second-order valence-corrected chi connectivity index (χ2v) is 5.73. The smallest absolute Gasteiger partial charge is 0.258 e. The van der Waals surface area contributed by atoms with E-state index in [1.165, 1.54) is 24.3 Å². The Labute approximate surface area is 159 Å². The van der Waals surface area contributed by atoms with E-state index >= 15 is 0 Å². The number of nitro groups is 2. The van der Waals surface area contributed by atoms with Gasteiger partial charge in [-0.2, -0.15) is 0 Å². The summed E-state index contributed by atoms with van der Waals surface area (Å²) in [6.45, 7) is 0. The predicted molar refractivity (Wildman–Crippen MR) is 107 cm³/mol. The van der Waals surface area contributed by atoms with Gasteiger partial charge in [0.25, 0.3) is 11.4 Å². The molecule has 0 atom stereocenters. The molecule has 0 N–H and O–H groups in total. The third-order valence-electron chi connectivity index (χ3n) is 3.78. The van der Waals surface area contributed by atoms with Gasteiger partial charge >= 0.3 is 0 Å². The van der Waals surface area contributed by atoms with Gasteiger partial charge in [-0.05, 0) is 59.7 Å². The van der Waals surface area contributed by atoms with E-state index in [-0.39, 0.29) is 11.4 Å². The van der Waals surface area contributed by atoms with Crippen molar-refractivity contribution in [1.82, 2.24) is 0 Å². The molecule has 0 aliphatic rings. The van der Waals surface area contributed by atoms with Crippen molar-refractivity contribution >= 4 is 35.2 Å². The van der Waals surface area contributed by atoms with Crippen molar-refractivity contribution in [2.24, 2.45) is 9.98 Å². The zero-order chi connectivity index (χ0) is 19.9. The van der Waals surface area contributed by atoms with Crippen LogP contribution in [0.5, 0.6) is 0 Å². The minimum Gasteiger partial charge on any atom is -0.258 e.